The first-order valence-corrected chi connectivity index (χ1v) is 7.71. The lowest BCUT2D eigenvalue weighted by molar-refractivity contribution is -0.302. The van der Waals surface area contributed by atoms with E-state index in [0.717, 1.165) is 0 Å². The molecule has 8 heteroatoms. The van der Waals surface area contributed by atoms with Crippen LogP contribution in [0.3, 0.4) is 0 Å². The van der Waals surface area contributed by atoms with E-state index in [2.05, 4.69) is 4.89 Å². The van der Waals surface area contributed by atoms with Crippen LogP contribution >= 0.6 is 0 Å². The van der Waals surface area contributed by atoms with E-state index in [-0.39, 0.29) is 19.3 Å². The molecular formula is C14H28O8. The molecule has 0 spiro atoms. The summed E-state index contributed by atoms with van der Waals surface area (Å²) in [6.07, 6.45) is 0.507. The van der Waals surface area contributed by atoms with E-state index in [1.807, 2.05) is 0 Å². The third-order valence-electron chi connectivity index (χ3n) is 3.14. The number of rotatable bonds is 13. The molecule has 22 heavy (non-hydrogen) atoms. The summed E-state index contributed by atoms with van der Waals surface area (Å²) in [5.74, 6) is 0. The van der Waals surface area contributed by atoms with Crippen molar-refractivity contribution in [1.29, 1.82) is 0 Å². The molecular weight excluding hydrogens is 296 g/mol. The Labute approximate surface area is 130 Å². The van der Waals surface area contributed by atoms with Crippen LogP contribution in [0.1, 0.15) is 19.3 Å². The van der Waals surface area contributed by atoms with Gasteiger partial charge in [0.1, 0.15) is 13.2 Å². The Morgan fingerprint density at radius 2 is 1.23 bits per heavy atom. The summed E-state index contributed by atoms with van der Waals surface area (Å²) in [6, 6.07) is 0. The van der Waals surface area contributed by atoms with Gasteiger partial charge < -0.3 is 29.5 Å². The highest BCUT2D eigenvalue weighted by molar-refractivity contribution is 4.78. The van der Waals surface area contributed by atoms with Crippen molar-refractivity contribution >= 4 is 0 Å². The van der Waals surface area contributed by atoms with Gasteiger partial charge in [0.15, 0.2) is 0 Å². The zero-order valence-corrected chi connectivity index (χ0v) is 12.9. The minimum absolute atomic E-state index is 0.0739. The number of aliphatic hydroxyl groups is 3. The SMILES string of the molecule is OCCOOCCOCCOCCOC1CC(O)CC(O)C1. The molecule has 132 valence electrons. The largest absolute Gasteiger partial charge is 0.394 e. The molecule has 0 amide bonds. The van der Waals surface area contributed by atoms with Crippen LogP contribution in [0.2, 0.25) is 0 Å². The van der Waals surface area contributed by atoms with Gasteiger partial charge in [-0.3, -0.25) is 0 Å². The second kappa shape index (κ2) is 13.1. The predicted molar refractivity (Wildman–Crippen MR) is 76.2 cm³/mol. The summed E-state index contributed by atoms with van der Waals surface area (Å²) >= 11 is 0. The summed E-state index contributed by atoms with van der Waals surface area (Å²) in [6.45, 7) is 2.55. The molecule has 0 aromatic heterocycles. The average molecular weight is 324 g/mol. The fraction of sp³-hybridized carbons (Fsp3) is 1.00. The van der Waals surface area contributed by atoms with Gasteiger partial charge in [-0.25, -0.2) is 9.78 Å². The Bertz CT molecular complexity index is 243. The van der Waals surface area contributed by atoms with Crippen molar-refractivity contribution in [2.45, 2.75) is 37.6 Å². The fourth-order valence-electron chi connectivity index (χ4n) is 2.19. The molecule has 0 aromatic carbocycles. The van der Waals surface area contributed by atoms with Crippen LogP contribution in [0.15, 0.2) is 0 Å². The van der Waals surface area contributed by atoms with Crippen molar-refractivity contribution in [3.63, 3.8) is 0 Å². The minimum atomic E-state index is -0.480. The monoisotopic (exact) mass is 324 g/mol. The van der Waals surface area contributed by atoms with E-state index in [0.29, 0.717) is 58.9 Å². The van der Waals surface area contributed by atoms with Crippen LogP contribution in [0.5, 0.6) is 0 Å². The van der Waals surface area contributed by atoms with Gasteiger partial charge in [0.05, 0.1) is 58.0 Å². The second-order valence-electron chi connectivity index (χ2n) is 5.10. The van der Waals surface area contributed by atoms with Crippen molar-refractivity contribution in [3.05, 3.63) is 0 Å². The van der Waals surface area contributed by atoms with Gasteiger partial charge in [0.25, 0.3) is 0 Å². The summed E-state index contributed by atoms with van der Waals surface area (Å²) in [4.78, 5) is 9.32. The molecule has 0 radical (unpaired) electrons. The van der Waals surface area contributed by atoms with Crippen molar-refractivity contribution < 1.29 is 39.3 Å². The van der Waals surface area contributed by atoms with Crippen LogP contribution in [0.4, 0.5) is 0 Å². The van der Waals surface area contributed by atoms with E-state index in [9.17, 15) is 10.2 Å². The highest BCUT2D eigenvalue weighted by atomic mass is 17.2. The predicted octanol–water partition coefficient (Wildman–Crippen LogP) is -0.749. The lowest BCUT2D eigenvalue weighted by Crippen LogP contribution is -2.35. The maximum atomic E-state index is 9.52. The van der Waals surface area contributed by atoms with Crippen LogP contribution in [-0.4, -0.2) is 86.5 Å². The van der Waals surface area contributed by atoms with Gasteiger partial charge in [0.2, 0.25) is 0 Å². The van der Waals surface area contributed by atoms with Crippen LogP contribution < -0.4 is 0 Å². The first kappa shape index (κ1) is 19.7. The molecule has 1 aliphatic carbocycles. The summed E-state index contributed by atoms with van der Waals surface area (Å²) in [5.41, 5.74) is 0. The Morgan fingerprint density at radius 1 is 0.682 bits per heavy atom. The van der Waals surface area contributed by atoms with Gasteiger partial charge in [0, 0.05) is 0 Å². The number of aliphatic hydroxyl groups excluding tert-OH is 3. The molecule has 1 aliphatic rings. The average Bonchev–Trinajstić information content (AvgIpc) is 2.47. The van der Waals surface area contributed by atoms with Crippen molar-refractivity contribution in [1.82, 2.24) is 0 Å². The maximum absolute atomic E-state index is 9.52. The summed E-state index contributed by atoms with van der Waals surface area (Å²) < 4.78 is 16.1. The van der Waals surface area contributed by atoms with E-state index >= 15 is 0 Å². The molecule has 0 heterocycles. The molecule has 0 bridgehead atoms. The van der Waals surface area contributed by atoms with E-state index in [1.165, 1.54) is 0 Å². The highest BCUT2D eigenvalue weighted by Crippen LogP contribution is 2.21. The lowest BCUT2D eigenvalue weighted by Gasteiger charge is -2.29. The molecule has 1 saturated carbocycles. The maximum Gasteiger partial charge on any atom is 0.106 e. The molecule has 0 saturated heterocycles. The first-order valence-electron chi connectivity index (χ1n) is 7.71. The second-order valence-corrected chi connectivity index (χ2v) is 5.10. The first-order chi connectivity index (χ1) is 10.7. The molecule has 1 fully saturated rings. The Hall–Kier alpha value is -0.320. The Kier molecular flexibility index (Phi) is 11.8. The molecule has 8 nitrogen and oxygen atoms in total. The third kappa shape index (κ3) is 10.4. The van der Waals surface area contributed by atoms with Crippen LogP contribution in [-0.2, 0) is 24.0 Å². The van der Waals surface area contributed by atoms with Gasteiger partial charge in [-0.15, -0.1) is 0 Å². The van der Waals surface area contributed by atoms with E-state index in [1.54, 1.807) is 0 Å². The zero-order valence-electron chi connectivity index (χ0n) is 12.9. The summed E-state index contributed by atoms with van der Waals surface area (Å²) in [5, 5.41) is 27.5. The van der Waals surface area contributed by atoms with Crippen LogP contribution in [0, 0.1) is 0 Å². The van der Waals surface area contributed by atoms with E-state index < -0.39 is 12.2 Å². The smallest absolute Gasteiger partial charge is 0.106 e. The normalized spacial score (nSPS) is 25.5. The topological polar surface area (TPSA) is 107 Å². The molecule has 2 unspecified atom stereocenters. The molecule has 1 rings (SSSR count). The van der Waals surface area contributed by atoms with Gasteiger partial charge >= 0.3 is 0 Å². The van der Waals surface area contributed by atoms with Crippen molar-refractivity contribution in [3.8, 4) is 0 Å². The number of hydrogen-bond acceptors (Lipinski definition) is 8. The molecule has 0 aromatic rings. The minimum Gasteiger partial charge on any atom is -0.394 e. The number of ether oxygens (including phenoxy) is 3. The van der Waals surface area contributed by atoms with E-state index in [4.69, 9.17) is 24.2 Å². The van der Waals surface area contributed by atoms with Gasteiger partial charge in [-0.1, -0.05) is 0 Å². The highest BCUT2D eigenvalue weighted by Gasteiger charge is 2.26. The van der Waals surface area contributed by atoms with Crippen LogP contribution in [0.25, 0.3) is 0 Å². The zero-order chi connectivity index (χ0) is 16.0. The molecule has 2 atom stereocenters. The van der Waals surface area contributed by atoms with Crippen molar-refractivity contribution in [2.24, 2.45) is 0 Å². The lowest BCUT2D eigenvalue weighted by atomic mass is 9.92. The molecule has 0 aliphatic heterocycles. The molecule has 3 N–H and O–H groups in total. The quantitative estimate of drug-likeness (QED) is 0.231. The van der Waals surface area contributed by atoms with Gasteiger partial charge in [-0.05, 0) is 19.3 Å². The standard InChI is InChI=1S/C14H28O8/c15-1-2-21-22-8-6-19-4-3-18-5-7-20-14-10-12(16)9-13(17)11-14/h12-17H,1-11H2. The Morgan fingerprint density at radius 3 is 1.86 bits per heavy atom. The Balaban J connectivity index is 1.80. The number of hydrogen-bond donors (Lipinski definition) is 3. The van der Waals surface area contributed by atoms with Gasteiger partial charge in [-0.2, -0.15) is 0 Å². The van der Waals surface area contributed by atoms with Crippen molar-refractivity contribution in [2.75, 3.05) is 52.9 Å². The summed E-state index contributed by atoms with van der Waals surface area (Å²) in [7, 11) is 0. The third-order valence-corrected chi connectivity index (χ3v) is 3.14. The fourth-order valence-corrected chi connectivity index (χ4v) is 2.19.